The van der Waals surface area contributed by atoms with E-state index in [1.54, 1.807) is 7.05 Å². The number of hydrogen-bond acceptors (Lipinski definition) is 3. The molecule has 27 heavy (non-hydrogen) atoms. The van der Waals surface area contributed by atoms with Gasteiger partial charge in [0.25, 0.3) is 0 Å². The number of halogens is 3. The molecule has 8 heteroatoms. The van der Waals surface area contributed by atoms with Crippen molar-refractivity contribution in [3.8, 4) is 11.5 Å². The molecule has 146 valence electrons. The van der Waals surface area contributed by atoms with Gasteiger partial charge in [-0.1, -0.05) is 12.1 Å². The van der Waals surface area contributed by atoms with Crippen LogP contribution in [0.1, 0.15) is 11.1 Å². The van der Waals surface area contributed by atoms with Crippen LogP contribution >= 0.6 is 24.0 Å². The summed E-state index contributed by atoms with van der Waals surface area (Å²) in [5.74, 6) is 1.05. The molecule has 0 unspecified atom stereocenters. The molecule has 0 fully saturated rings. The number of rotatable bonds is 6. The lowest BCUT2D eigenvalue weighted by Gasteiger charge is -2.12. The maximum Gasteiger partial charge on any atom is 0.231 e. The molecule has 0 bridgehead atoms. The van der Waals surface area contributed by atoms with Gasteiger partial charge in [0.1, 0.15) is 11.6 Å². The van der Waals surface area contributed by atoms with Crippen molar-refractivity contribution in [1.82, 2.24) is 10.6 Å². The molecule has 0 radical (unpaired) electrons. The van der Waals surface area contributed by atoms with Crippen molar-refractivity contribution in [1.29, 1.82) is 0 Å². The summed E-state index contributed by atoms with van der Waals surface area (Å²) in [6.45, 7) is 1.30. The Morgan fingerprint density at radius 3 is 2.37 bits per heavy atom. The summed E-state index contributed by atoms with van der Waals surface area (Å²) in [4.78, 5) is 4.12. The summed E-state index contributed by atoms with van der Waals surface area (Å²) in [7, 11) is 1.65. The zero-order valence-corrected chi connectivity index (χ0v) is 17.3. The number of fused-ring (bicyclic) bond motifs is 1. The molecule has 3 rings (SSSR count). The van der Waals surface area contributed by atoms with Crippen LogP contribution in [0.15, 0.2) is 41.4 Å². The standard InChI is InChI=1S/C19H21F2N3O2.HI/c1-22-19(24-10-8-14-15(20)3-2-4-16(14)21)23-9-7-13-5-6-17-18(11-13)26-12-25-17;/h2-6,11H,7-10,12H2,1H3,(H2,22,23,24);1H. The second kappa shape index (κ2) is 10.3. The Morgan fingerprint density at radius 2 is 1.67 bits per heavy atom. The third-order valence-corrected chi connectivity index (χ3v) is 4.10. The summed E-state index contributed by atoms with van der Waals surface area (Å²) in [5.41, 5.74) is 1.20. The lowest BCUT2D eigenvalue weighted by Crippen LogP contribution is -2.39. The van der Waals surface area contributed by atoms with Gasteiger partial charge in [-0.25, -0.2) is 8.78 Å². The Balaban J connectivity index is 0.00000261. The minimum absolute atomic E-state index is 0. The van der Waals surface area contributed by atoms with Gasteiger partial charge in [0.15, 0.2) is 17.5 Å². The SMILES string of the molecule is CN=C(NCCc1ccc2c(c1)OCO2)NCCc1c(F)cccc1F.I. The van der Waals surface area contributed by atoms with Crippen LogP contribution in [-0.4, -0.2) is 32.9 Å². The van der Waals surface area contributed by atoms with Gasteiger partial charge in [0.2, 0.25) is 6.79 Å². The highest BCUT2D eigenvalue weighted by molar-refractivity contribution is 14.0. The Labute approximate surface area is 174 Å². The number of nitrogens with zero attached hydrogens (tertiary/aromatic N) is 1. The molecule has 1 aliphatic rings. The highest BCUT2D eigenvalue weighted by Gasteiger charge is 2.13. The molecule has 1 heterocycles. The number of guanidine groups is 1. The summed E-state index contributed by atoms with van der Waals surface area (Å²) < 4.78 is 37.9. The Bertz CT molecular complexity index is 782. The first-order valence-corrected chi connectivity index (χ1v) is 8.43. The van der Waals surface area contributed by atoms with Gasteiger partial charge in [-0.05, 0) is 42.7 Å². The van der Waals surface area contributed by atoms with Crippen molar-refractivity contribution in [2.75, 3.05) is 26.9 Å². The molecule has 0 saturated heterocycles. The molecule has 0 aliphatic carbocycles. The Hall–Kier alpha value is -2.10. The second-order valence-corrected chi connectivity index (χ2v) is 5.81. The number of ether oxygens (including phenoxy) is 2. The number of benzene rings is 2. The van der Waals surface area contributed by atoms with E-state index in [0.29, 0.717) is 19.0 Å². The normalized spacial score (nSPS) is 12.5. The van der Waals surface area contributed by atoms with Crippen molar-refractivity contribution in [2.24, 2.45) is 4.99 Å². The quantitative estimate of drug-likeness (QED) is 0.372. The topological polar surface area (TPSA) is 54.9 Å². The zero-order chi connectivity index (χ0) is 18.4. The van der Waals surface area contributed by atoms with Gasteiger partial charge in [-0.2, -0.15) is 0 Å². The minimum atomic E-state index is -0.530. The molecule has 2 aromatic rings. The molecule has 2 N–H and O–H groups in total. The minimum Gasteiger partial charge on any atom is -0.454 e. The molecule has 0 atom stereocenters. The van der Waals surface area contributed by atoms with E-state index in [4.69, 9.17) is 9.47 Å². The van der Waals surface area contributed by atoms with E-state index in [1.165, 1.54) is 18.2 Å². The maximum absolute atomic E-state index is 13.6. The van der Waals surface area contributed by atoms with E-state index < -0.39 is 11.6 Å². The first-order chi connectivity index (χ1) is 12.7. The number of nitrogens with one attached hydrogen (secondary N) is 2. The fraction of sp³-hybridized carbons (Fsp3) is 0.316. The molecular weight excluding hydrogens is 467 g/mol. The Kier molecular flexibility index (Phi) is 8.08. The van der Waals surface area contributed by atoms with E-state index in [0.717, 1.165) is 23.5 Å². The van der Waals surface area contributed by atoms with Crippen molar-refractivity contribution in [3.05, 3.63) is 59.2 Å². The van der Waals surface area contributed by atoms with Crippen molar-refractivity contribution in [3.63, 3.8) is 0 Å². The molecule has 0 saturated carbocycles. The first kappa shape index (κ1) is 21.2. The van der Waals surface area contributed by atoms with Crippen LogP contribution in [0.2, 0.25) is 0 Å². The van der Waals surface area contributed by atoms with E-state index in [2.05, 4.69) is 15.6 Å². The lowest BCUT2D eigenvalue weighted by atomic mass is 10.1. The van der Waals surface area contributed by atoms with Crippen LogP contribution < -0.4 is 20.1 Å². The van der Waals surface area contributed by atoms with Crippen LogP contribution in [0.25, 0.3) is 0 Å². The summed E-state index contributed by atoms with van der Waals surface area (Å²) in [5, 5.41) is 6.24. The van der Waals surface area contributed by atoms with Crippen molar-refractivity contribution < 1.29 is 18.3 Å². The number of aliphatic imine (C=N–C) groups is 1. The first-order valence-electron chi connectivity index (χ1n) is 8.43. The fourth-order valence-electron chi connectivity index (χ4n) is 2.72. The van der Waals surface area contributed by atoms with Gasteiger partial charge in [-0.3, -0.25) is 4.99 Å². The molecule has 1 aliphatic heterocycles. The number of hydrogen-bond donors (Lipinski definition) is 2. The average molecular weight is 489 g/mol. The van der Waals surface area contributed by atoms with Gasteiger partial charge in [0, 0.05) is 25.7 Å². The van der Waals surface area contributed by atoms with Crippen molar-refractivity contribution >= 4 is 29.9 Å². The zero-order valence-electron chi connectivity index (χ0n) is 14.9. The van der Waals surface area contributed by atoms with Crippen LogP contribution in [0.3, 0.4) is 0 Å². The Morgan fingerprint density at radius 1 is 1.00 bits per heavy atom. The van der Waals surface area contributed by atoms with Gasteiger partial charge in [-0.15, -0.1) is 24.0 Å². The molecular formula is C19H22F2IN3O2. The van der Waals surface area contributed by atoms with Crippen LogP contribution in [0.4, 0.5) is 8.78 Å². The van der Waals surface area contributed by atoms with E-state index >= 15 is 0 Å². The van der Waals surface area contributed by atoms with Gasteiger partial charge in [0.05, 0.1) is 0 Å². The summed E-state index contributed by atoms with van der Waals surface area (Å²) >= 11 is 0. The highest BCUT2D eigenvalue weighted by Crippen LogP contribution is 2.32. The smallest absolute Gasteiger partial charge is 0.231 e. The molecule has 5 nitrogen and oxygen atoms in total. The summed E-state index contributed by atoms with van der Waals surface area (Å²) in [6.07, 6.45) is 1.01. The third kappa shape index (κ3) is 5.69. The predicted octanol–water partition coefficient (Wildman–Crippen LogP) is 3.26. The van der Waals surface area contributed by atoms with Gasteiger partial charge >= 0.3 is 0 Å². The van der Waals surface area contributed by atoms with Crippen molar-refractivity contribution in [2.45, 2.75) is 12.8 Å². The van der Waals surface area contributed by atoms with Crippen LogP contribution in [-0.2, 0) is 12.8 Å². The average Bonchev–Trinajstić information content (AvgIpc) is 3.10. The van der Waals surface area contributed by atoms with Crippen LogP contribution in [0.5, 0.6) is 11.5 Å². The molecule has 0 amide bonds. The molecule has 2 aromatic carbocycles. The largest absolute Gasteiger partial charge is 0.454 e. The maximum atomic E-state index is 13.6. The molecule has 0 spiro atoms. The fourth-order valence-corrected chi connectivity index (χ4v) is 2.72. The van der Waals surface area contributed by atoms with E-state index in [-0.39, 0.29) is 42.8 Å². The summed E-state index contributed by atoms with van der Waals surface area (Å²) in [6, 6.07) is 9.73. The van der Waals surface area contributed by atoms with Gasteiger partial charge < -0.3 is 20.1 Å². The van der Waals surface area contributed by atoms with E-state index in [9.17, 15) is 8.78 Å². The third-order valence-electron chi connectivity index (χ3n) is 4.10. The predicted molar refractivity (Wildman–Crippen MR) is 111 cm³/mol. The lowest BCUT2D eigenvalue weighted by molar-refractivity contribution is 0.174. The highest BCUT2D eigenvalue weighted by atomic mass is 127. The van der Waals surface area contributed by atoms with Crippen LogP contribution in [0, 0.1) is 11.6 Å². The monoisotopic (exact) mass is 489 g/mol. The second-order valence-electron chi connectivity index (χ2n) is 5.81. The van der Waals surface area contributed by atoms with E-state index in [1.807, 2.05) is 18.2 Å². The molecule has 0 aromatic heterocycles.